The predicted octanol–water partition coefficient (Wildman–Crippen LogP) is 0.573. The van der Waals surface area contributed by atoms with Gasteiger partial charge in [-0.3, -0.25) is 9.69 Å². The number of ether oxygens (including phenoxy) is 1. The number of likely N-dealkylation sites (N-methyl/N-ethyl adjacent to an activating group) is 2. The van der Waals surface area contributed by atoms with Gasteiger partial charge in [-0.05, 0) is 24.7 Å². The molecule has 0 saturated heterocycles. The van der Waals surface area contributed by atoms with Gasteiger partial charge in [-0.25, -0.2) is 0 Å². The largest absolute Gasteiger partial charge is 0.496 e. The summed E-state index contributed by atoms with van der Waals surface area (Å²) >= 11 is 0. The zero-order valence-electron chi connectivity index (χ0n) is 12.9. The molecule has 0 aliphatic heterocycles. The van der Waals surface area contributed by atoms with Gasteiger partial charge in [0.25, 0.3) is 0 Å². The van der Waals surface area contributed by atoms with Crippen molar-refractivity contribution in [2.75, 3.05) is 33.8 Å². The number of nitrogens with one attached hydrogen (secondary N) is 1. The molecule has 114 valence electrons. The smallest absolute Gasteiger partial charge is 0.233 e. The van der Waals surface area contributed by atoms with Crippen molar-refractivity contribution in [3.8, 4) is 17.6 Å². The number of carbonyl (C=O) groups is 1. The van der Waals surface area contributed by atoms with Gasteiger partial charge in [0.1, 0.15) is 5.75 Å². The maximum absolute atomic E-state index is 11.5. The fraction of sp³-hybridized carbons (Fsp3) is 0.438. The first-order valence-corrected chi connectivity index (χ1v) is 6.93. The summed E-state index contributed by atoms with van der Waals surface area (Å²) in [5, 5.41) is 2.64. The molecule has 0 fully saturated rings. The molecule has 3 N–H and O–H groups in total. The van der Waals surface area contributed by atoms with Crippen LogP contribution in [0.4, 0.5) is 0 Å². The molecular weight excluding hydrogens is 266 g/mol. The van der Waals surface area contributed by atoms with Crippen molar-refractivity contribution in [3.63, 3.8) is 0 Å². The number of methoxy groups -OCH3 is 1. The Balaban J connectivity index is 2.94. The third kappa shape index (κ3) is 5.46. The summed E-state index contributed by atoms with van der Waals surface area (Å²) in [6.07, 6.45) is 0. The van der Waals surface area contributed by atoms with Gasteiger partial charge in [0.15, 0.2) is 0 Å². The monoisotopic (exact) mass is 289 g/mol. The van der Waals surface area contributed by atoms with Gasteiger partial charge >= 0.3 is 0 Å². The maximum atomic E-state index is 11.5. The molecule has 21 heavy (non-hydrogen) atoms. The molecule has 0 aliphatic carbocycles. The van der Waals surface area contributed by atoms with Crippen LogP contribution >= 0.6 is 0 Å². The van der Waals surface area contributed by atoms with Crippen LogP contribution in [-0.4, -0.2) is 44.6 Å². The van der Waals surface area contributed by atoms with E-state index >= 15 is 0 Å². The van der Waals surface area contributed by atoms with Crippen LogP contribution in [0.2, 0.25) is 0 Å². The Morgan fingerprint density at radius 2 is 2.24 bits per heavy atom. The number of hydrogen-bond donors (Lipinski definition) is 2. The van der Waals surface area contributed by atoms with Crippen molar-refractivity contribution >= 4 is 5.91 Å². The van der Waals surface area contributed by atoms with E-state index < -0.39 is 0 Å². The van der Waals surface area contributed by atoms with Crippen LogP contribution in [-0.2, 0) is 11.3 Å². The molecule has 1 aromatic rings. The summed E-state index contributed by atoms with van der Waals surface area (Å²) < 4.78 is 5.38. The topological polar surface area (TPSA) is 67.6 Å². The lowest BCUT2D eigenvalue weighted by Gasteiger charge is -2.21. The molecule has 0 heterocycles. The number of rotatable bonds is 6. The Kier molecular flexibility index (Phi) is 7.30. The van der Waals surface area contributed by atoms with E-state index in [0.717, 1.165) is 23.4 Å². The first kappa shape index (κ1) is 17.0. The zero-order chi connectivity index (χ0) is 15.7. The average molecular weight is 289 g/mol. The molecule has 5 nitrogen and oxygen atoms in total. The first-order chi connectivity index (χ1) is 10.1. The van der Waals surface area contributed by atoms with Crippen molar-refractivity contribution in [2.45, 2.75) is 13.5 Å². The highest BCUT2D eigenvalue weighted by Gasteiger charge is 2.12. The summed E-state index contributed by atoms with van der Waals surface area (Å²) in [5.41, 5.74) is 7.29. The molecule has 1 aromatic carbocycles. The number of nitrogens with zero attached hydrogens (tertiary/aromatic N) is 1. The van der Waals surface area contributed by atoms with E-state index in [-0.39, 0.29) is 5.91 Å². The van der Waals surface area contributed by atoms with Crippen LogP contribution < -0.4 is 15.8 Å². The van der Waals surface area contributed by atoms with E-state index in [4.69, 9.17) is 10.5 Å². The van der Waals surface area contributed by atoms with Crippen LogP contribution in [0, 0.1) is 11.8 Å². The highest BCUT2D eigenvalue weighted by Crippen LogP contribution is 2.21. The van der Waals surface area contributed by atoms with Crippen LogP contribution in [0.15, 0.2) is 18.2 Å². The first-order valence-electron chi connectivity index (χ1n) is 6.93. The second kappa shape index (κ2) is 9.01. The van der Waals surface area contributed by atoms with E-state index in [1.807, 2.05) is 30.0 Å². The molecule has 0 saturated carbocycles. The fourth-order valence-electron chi connectivity index (χ4n) is 1.94. The summed E-state index contributed by atoms with van der Waals surface area (Å²) in [4.78, 5) is 13.6. The van der Waals surface area contributed by atoms with Crippen molar-refractivity contribution < 1.29 is 9.53 Å². The lowest BCUT2D eigenvalue weighted by molar-refractivity contribution is -0.121. The van der Waals surface area contributed by atoms with Crippen molar-refractivity contribution in [1.82, 2.24) is 10.2 Å². The number of nitrogens with two attached hydrogens (primary N) is 1. The Morgan fingerprint density at radius 1 is 1.48 bits per heavy atom. The van der Waals surface area contributed by atoms with E-state index in [1.54, 1.807) is 14.2 Å². The Labute approximate surface area is 126 Å². The normalized spacial score (nSPS) is 9.95. The number of benzene rings is 1. The standard InChI is InChI=1S/C16H23N3O2/c1-4-19(12-16(20)18-2)11-14-10-13(6-5-9-17)7-8-15(14)21-3/h7-8,10H,4,9,11-12,17H2,1-3H3,(H,18,20). The number of carbonyl (C=O) groups excluding carboxylic acids is 1. The summed E-state index contributed by atoms with van der Waals surface area (Å²) in [5.74, 6) is 6.64. The average Bonchev–Trinajstić information content (AvgIpc) is 2.52. The lowest BCUT2D eigenvalue weighted by atomic mass is 10.1. The minimum absolute atomic E-state index is 0.00473. The molecule has 0 radical (unpaired) electrons. The van der Waals surface area contributed by atoms with Gasteiger partial charge in [0.05, 0.1) is 20.2 Å². The van der Waals surface area contributed by atoms with Crippen LogP contribution in [0.3, 0.4) is 0 Å². The highest BCUT2D eigenvalue weighted by atomic mass is 16.5. The summed E-state index contributed by atoms with van der Waals surface area (Å²) in [6.45, 7) is 4.11. The number of hydrogen-bond acceptors (Lipinski definition) is 4. The Hall–Kier alpha value is -2.03. The molecule has 0 atom stereocenters. The molecule has 0 unspecified atom stereocenters. The third-order valence-corrected chi connectivity index (χ3v) is 3.10. The molecule has 0 spiro atoms. The van der Waals surface area contributed by atoms with Crippen LogP contribution in [0.1, 0.15) is 18.1 Å². The minimum atomic E-state index is -0.00473. The molecule has 1 amide bonds. The Morgan fingerprint density at radius 3 is 2.81 bits per heavy atom. The molecule has 0 aromatic heterocycles. The summed E-state index contributed by atoms with van der Waals surface area (Å²) in [6, 6.07) is 5.78. The van der Waals surface area contributed by atoms with Crippen molar-refractivity contribution in [2.24, 2.45) is 5.73 Å². The number of amides is 1. The van der Waals surface area contributed by atoms with Gasteiger partial charge in [-0.15, -0.1) is 0 Å². The lowest BCUT2D eigenvalue weighted by Crippen LogP contribution is -2.35. The van der Waals surface area contributed by atoms with Crippen LogP contribution in [0.5, 0.6) is 5.75 Å². The van der Waals surface area contributed by atoms with E-state index in [1.165, 1.54) is 0 Å². The van der Waals surface area contributed by atoms with Gasteiger partial charge in [-0.2, -0.15) is 0 Å². The second-order valence-corrected chi connectivity index (χ2v) is 4.51. The summed E-state index contributed by atoms with van der Waals surface area (Å²) in [7, 11) is 3.28. The molecule has 0 bridgehead atoms. The van der Waals surface area contributed by atoms with E-state index in [2.05, 4.69) is 17.2 Å². The zero-order valence-corrected chi connectivity index (χ0v) is 12.9. The highest BCUT2D eigenvalue weighted by molar-refractivity contribution is 5.77. The Bertz CT molecular complexity index is 532. The SMILES string of the molecule is CCN(CC(=O)NC)Cc1cc(C#CCN)ccc1OC. The van der Waals surface area contributed by atoms with Crippen molar-refractivity contribution in [1.29, 1.82) is 0 Å². The quantitative estimate of drug-likeness (QED) is 0.752. The second-order valence-electron chi connectivity index (χ2n) is 4.51. The van der Waals surface area contributed by atoms with Crippen molar-refractivity contribution in [3.05, 3.63) is 29.3 Å². The van der Waals surface area contributed by atoms with E-state index in [9.17, 15) is 4.79 Å². The molecular formula is C16H23N3O2. The molecule has 5 heteroatoms. The fourth-order valence-corrected chi connectivity index (χ4v) is 1.94. The van der Waals surface area contributed by atoms with Crippen LogP contribution in [0.25, 0.3) is 0 Å². The molecule has 0 aliphatic rings. The predicted molar refractivity (Wildman–Crippen MR) is 83.9 cm³/mol. The molecule has 1 rings (SSSR count). The maximum Gasteiger partial charge on any atom is 0.233 e. The van der Waals surface area contributed by atoms with Gasteiger partial charge in [0.2, 0.25) is 5.91 Å². The van der Waals surface area contributed by atoms with E-state index in [0.29, 0.717) is 19.6 Å². The van der Waals surface area contributed by atoms with Gasteiger partial charge in [-0.1, -0.05) is 18.8 Å². The van der Waals surface area contributed by atoms with Gasteiger partial charge in [0, 0.05) is 24.7 Å². The third-order valence-electron chi connectivity index (χ3n) is 3.10. The minimum Gasteiger partial charge on any atom is -0.496 e. The van der Waals surface area contributed by atoms with Gasteiger partial charge < -0.3 is 15.8 Å².